The number of sulfonamides is 1. The van der Waals surface area contributed by atoms with Crippen LogP contribution in [0.4, 0.5) is 21.9 Å². The van der Waals surface area contributed by atoms with E-state index in [4.69, 9.17) is 16.3 Å². The maximum absolute atomic E-state index is 14.1. The van der Waals surface area contributed by atoms with Gasteiger partial charge in [-0.15, -0.1) is 0 Å². The fourth-order valence-electron chi connectivity index (χ4n) is 11.5. The number of rotatable bonds is 16. The van der Waals surface area contributed by atoms with E-state index >= 15 is 0 Å². The number of H-pyrrole nitrogens is 1. The van der Waals surface area contributed by atoms with E-state index in [2.05, 4.69) is 66.0 Å². The van der Waals surface area contributed by atoms with Gasteiger partial charge >= 0.3 is 6.03 Å². The van der Waals surface area contributed by atoms with Gasteiger partial charge in [0.2, 0.25) is 5.91 Å². The molecule has 6 aromatic rings. The van der Waals surface area contributed by atoms with Crippen LogP contribution < -0.4 is 25.0 Å². The minimum absolute atomic E-state index is 0.0636. The van der Waals surface area contributed by atoms with E-state index in [1.807, 2.05) is 30.3 Å². The zero-order valence-electron chi connectivity index (χ0n) is 44.5. The van der Waals surface area contributed by atoms with Gasteiger partial charge < -0.3 is 19.9 Å². The number of allylic oxidation sites excluding steroid dienone is 1. The molecule has 0 atom stereocenters. The third-order valence-electron chi connectivity index (χ3n) is 16.0. The standard InChI is InChI=1S/C58H62ClN11O9S/c1-58(2)18-13-41(49(31-58)39-4-6-43(59)7-5-39)35-66-23-25-67(26-24-66)44-8-11-48(52(29-44)79-45-28-40-14-19-60-54(40)62-33-45)55(72)64-80(77,78)46-9-12-50(51(30-46)70(75)76)61-32-37-15-20-65(21-16-37)34-38-3-10-47-42(27-38)36-69(56(47)73)68-22-17-53(71)63-57(68)74/h3-12,14,19,27-30,33,37,61H,13,15-18,20-26,31-32,34-36H2,1-2H3,(H,60,62)(H,64,72)(H,63,71,74). The molecule has 0 radical (unpaired) electrons. The highest BCUT2D eigenvalue weighted by Gasteiger charge is 2.38. The smallest absolute Gasteiger partial charge is 0.342 e. The van der Waals surface area contributed by atoms with Crippen LogP contribution in [0.3, 0.4) is 0 Å². The number of pyridine rings is 1. The molecule has 0 saturated carbocycles. The Kier molecular flexibility index (Phi) is 15.1. The number of urea groups is 1. The summed E-state index contributed by atoms with van der Waals surface area (Å²) >= 11 is 6.27. The summed E-state index contributed by atoms with van der Waals surface area (Å²) in [6.07, 6.45) is 8.12. The van der Waals surface area contributed by atoms with Gasteiger partial charge in [0.1, 0.15) is 22.8 Å². The van der Waals surface area contributed by atoms with Crippen LogP contribution in [0.5, 0.6) is 11.5 Å². The topological polar surface area (TPSA) is 236 Å². The SMILES string of the molecule is CC1(C)CCC(CN2CCN(c3ccc(C(=O)NS(=O)(=O)c4ccc(NCC5CCN(Cc6ccc7c(c6)CN(N6CCC(=O)NC6=O)C7=O)CC5)c([N+](=O)[O-])c4)c(Oc4cnc5[nH]ccc5c4)c3)CC2)=C(c2ccc(Cl)cc2)C1. The Labute approximate surface area is 468 Å². The highest BCUT2D eigenvalue weighted by Crippen LogP contribution is 2.44. The lowest BCUT2D eigenvalue weighted by atomic mass is 9.72. The molecule has 11 rings (SSSR count). The highest BCUT2D eigenvalue weighted by atomic mass is 35.5. The van der Waals surface area contributed by atoms with Crippen molar-refractivity contribution in [3.8, 4) is 11.5 Å². The van der Waals surface area contributed by atoms with Crippen LogP contribution in [0.2, 0.25) is 5.02 Å². The van der Waals surface area contributed by atoms with Crippen LogP contribution in [-0.2, 0) is 27.9 Å². The first kappa shape index (κ1) is 54.1. The van der Waals surface area contributed by atoms with Crippen molar-refractivity contribution in [1.82, 2.24) is 39.8 Å². The number of nitro benzene ring substituents is 1. The zero-order valence-corrected chi connectivity index (χ0v) is 46.1. The summed E-state index contributed by atoms with van der Waals surface area (Å²) in [5.74, 6) is -1.04. The lowest BCUT2D eigenvalue weighted by molar-refractivity contribution is -0.384. The van der Waals surface area contributed by atoms with Crippen molar-refractivity contribution in [2.45, 2.75) is 70.4 Å². The summed E-state index contributed by atoms with van der Waals surface area (Å²) in [7, 11) is -4.64. The normalized spacial score (nSPS) is 18.4. The van der Waals surface area contributed by atoms with Crippen molar-refractivity contribution < 1.29 is 37.3 Å². The number of amides is 5. The molecule has 5 amide bonds. The number of carbonyl (C=O) groups excluding carboxylic acids is 4. The minimum Gasteiger partial charge on any atom is -0.455 e. The first-order valence-electron chi connectivity index (χ1n) is 27.0. The summed E-state index contributed by atoms with van der Waals surface area (Å²) in [6.45, 7) is 11.4. The van der Waals surface area contributed by atoms with Gasteiger partial charge in [0.05, 0.1) is 34.7 Å². The number of nitro groups is 1. The molecule has 0 unspecified atom stereocenters. The highest BCUT2D eigenvalue weighted by molar-refractivity contribution is 7.90. The van der Waals surface area contributed by atoms with Crippen molar-refractivity contribution in [2.75, 3.05) is 69.1 Å². The summed E-state index contributed by atoms with van der Waals surface area (Å²) in [4.78, 5) is 77.2. The van der Waals surface area contributed by atoms with E-state index in [1.54, 1.807) is 30.5 Å². The van der Waals surface area contributed by atoms with Crippen LogP contribution in [0.15, 0.2) is 114 Å². The van der Waals surface area contributed by atoms with E-state index in [1.165, 1.54) is 51.1 Å². The van der Waals surface area contributed by atoms with E-state index in [9.17, 15) is 37.7 Å². The van der Waals surface area contributed by atoms with Gasteiger partial charge in [0.15, 0.2) is 0 Å². The molecule has 0 bridgehead atoms. The van der Waals surface area contributed by atoms with Crippen molar-refractivity contribution >= 4 is 79.0 Å². The molecule has 2 aromatic heterocycles. The fourth-order valence-corrected chi connectivity index (χ4v) is 12.6. The van der Waals surface area contributed by atoms with Crippen molar-refractivity contribution in [2.24, 2.45) is 11.3 Å². The first-order valence-corrected chi connectivity index (χ1v) is 28.8. The number of ether oxygens (including phenoxy) is 1. The lowest BCUT2D eigenvalue weighted by Gasteiger charge is -2.39. The van der Waals surface area contributed by atoms with E-state index in [0.717, 1.165) is 93.1 Å². The first-order chi connectivity index (χ1) is 38.4. The van der Waals surface area contributed by atoms with Crippen LogP contribution in [-0.4, -0.2) is 126 Å². The molecule has 22 heteroatoms. The fraction of sp³-hybridized carbons (Fsp3) is 0.362. The number of likely N-dealkylation sites (tertiary alicyclic amines) is 1. The molecule has 80 heavy (non-hydrogen) atoms. The number of imide groups is 1. The van der Waals surface area contributed by atoms with Crippen molar-refractivity contribution in [1.29, 1.82) is 0 Å². The maximum Gasteiger partial charge on any atom is 0.342 e. The Morgan fingerprint density at radius 3 is 2.41 bits per heavy atom. The Balaban J connectivity index is 0.724. The number of hydrazine groups is 1. The van der Waals surface area contributed by atoms with Gasteiger partial charge in [-0.05, 0) is 133 Å². The molecule has 4 N–H and O–H groups in total. The van der Waals surface area contributed by atoms with E-state index in [-0.39, 0.29) is 59.7 Å². The molecular weight excluding hydrogens is 1060 g/mol. The Morgan fingerprint density at radius 2 is 1.65 bits per heavy atom. The molecule has 3 fully saturated rings. The number of aromatic amines is 1. The summed E-state index contributed by atoms with van der Waals surface area (Å²) < 4.78 is 36.4. The second kappa shape index (κ2) is 22.4. The molecule has 20 nitrogen and oxygen atoms in total. The second-order valence-corrected chi connectivity index (χ2v) is 24.2. The quantitative estimate of drug-likeness (QED) is 0.0523. The average molecular weight is 1120 g/mol. The van der Waals surface area contributed by atoms with Crippen LogP contribution in [0, 0.1) is 21.4 Å². The largest absolute Gasteiger partial charge is 0.455 e. The van der Waals surface area contributed by atoms with Gasteiger partial charge in [-0.3, -0.25) is 39.6 Å². The van der Waals surface area contributed by atoms with Crippen LogP contribution >= 0.6 is 11.6 Å². The maximum atomic E-state index is 14.1. The van der Waals surface area contributed by atoms with Crippen LogP contribution in [0.25, 0.3) is 16.6 Å². The van der Waals surface area contributed by atoms with Crippen LogP contribution in [0.1, 0.15) is 89.8 Å². The molecule has 6 heterocycles. The number of benzene rings is 4. The third kappa shape index (κ3) is 11.9. The predicted octanol–water partition coefficient (Wildman–Crippen LogP) is 8.96. The van der Waals surface area contributed by atoms with Gasteiger partial charge in [-0.1, -0.05) is 55.3 Å². The summed E-state index contributed by atoms with van der Waals surface area (Å²) in [5, 5.41) is 22.1. The van der Waals surface area contributed by atoms with E-state index in [0.29, 0.717) is 48.2 Å². The second-order valence-electron chi connectivity index (χ2n) is 22.1. The number of hydrogen-bond acceptors (Lipinski definition) is 14. The van der Waals surface area contributed by atoms with Gasteiger partial charge in [-0.25, -0.2) is 32.9 Å². The van der Waals surface area contributed by atoms with E-state index < -0.39 is 37.5 Å². The van der Waals surface area contributed by atoms with Gasteiger partial charge in [-0.2, -0.15) is 0 Å². The predicted molar refractivity (Wildman–Crippen MR) is 303 cm³/mol. The summed E-state index contributed by atoms with van der Waals surface area (Å²) in [5.41, 5.74) is 7.68. The molecule has 1 aliphatic carbocycles. The molecule has 0 spiro atoms. The number of aromatic nitrogens is 2. The number of hydrogen-bond donors (Lipinski definition) is 4. The van der Waals surface area contributed by atoms with Gasteiger partial charge in [0.25, 0.3) is 27.5 Å². The molecular formula is C58H62ClN11O9S. The Morgan fingerprint density at radius 1 is 0.875 bits per heavy atom. The number of piperazine rings is 1. The number of piperidine rings is 1. The molecule has 3 saturated heterocycles. The Bertz CT molecular complexity index is 3570. The molecule has 4 aromatic carbocycles. The van der Waals surface area contributed by atoms with Crippen molar-refractivity contribution in [3.05, 3.63) is 152 Å². The van der Waals surface area contributed by atoms with Gasteiger partial charge in [0, 0.05) is 92.2 Å². The number of anilines is 2. The van der Waals surface area contributed by atoms with Crippen molar-refractivity contribution in [3.63, 3.8) is 0 Å². The summed E-state index contributed by atoms with van der Waals surface area (Å²) in [6, 6.07) is 25.4. The number of nitrogens with zero attached hydrogens (tertiary/aromatic N) is 7. The Hall–Kier alpha value is -7.85. The minimum atomic E-state index is -4.64. The third-order valence-corrected chi connectivity index (χ3v) is 17.6. The number of nitrogens with one attached hydrogen (secondary N) is 4. The average Bonchev–Trinajstić information content (AvgIpc) is 4.05. The molecule has 4 aliphatic heterocycles. The number of fused-ring (bicyclic) bond motifs is 2. The molecule has 416 valence electrons. The zero-order chi connectivity index (χ0) is 55.9. The lowest BCUT2D eigenvalue weighted by Crippen LogP contribution is -2.56. The number of halogens is 1. The molecule has 5 aliphatic rings. The number of carbonyl (C=O) groups is 4. The monoisotopic (exact) mass is 1120 g/mol.